The monoisotopic (exact) mass is 353 g/mol. The van der Waals surface area contributed by atoms with Gasteiger partial charge in [-0.1, -0.05) is 6.07 Å². The summed E-state index contributed by atoms with van der Waals surface area (Å²) in [5, 5.41) is 3.01. The number of pyridine rings is 2. The standard InChI is InChI=1S/C20H27N5O/c1-16-14-21-11-8-19(16)23-20(26)25-12-5-7-18(9-13-25)24(2)15-17-6-3-4-10-22-17/h3-4,6,8,10-11,14,18H,5,7,9,12-13,15H2,1-2H3,(H,21,23,26)/t18-/m1/s1. The summed E-state index contributed by atoms with van der Waals surface area (Å²) in [6.07, 6.45) is 8.39. The van der Waals surface area contributed by atoms with Crippen molar-refractivity contribution in [1.82, 2.24) is 19.8 Å². The van der Waals surface area contributed by atoms with Crippen LogP contribution in [0.1, 0.15) is 30.5 Å². The van der Waals surface area contributed by atoms with Crippen molar-refractivity contribution in [3.05, 3.63) is 54.1 Å². The number of aromatic nitrogens is 2. The molecule has 1 fully saturated rings. The summed E-state index contributed by atoms with van der Waals surface area (Å²) < 4.78 is 0. The Balaban J connectivity index is 1.54. The highest BCUT2D eigenvalue weighted by Crippen LogP contribution is 2.19. The minimum Gasteiger partial charge on any atom is -0.324 e. The Labute approximate surface area is 155 Å². The Morgan fingerprint density at radius 3 is 2.92 bits per heavy atom. The molecular weight excluding hydrogens is 326 g/mol. The van der Waals surface area contributed by atoms with E-state index in [-0.39, 0.29) is 6.03 Å². The van der Waals surface area contributed by atoms with E-state index in [0.717, 1.165) is 55.8 Å². The molecule has 6 heteroatoms. The van der Waals surface area contributed by atoms with Gasteiger partial charge >= 0.3 is 6.03 Å². The lowest BCUT2D eigenvalue weighted by molar-refractivity contribution is 0.200. The molecule has 26 heavy (non-hydrogen) atoms. The molecule has 3 rings (SSSR count). The van der Waals surface area contributed by atoms with Gasteiger partial charge in [-0.15, -0.1) is 0 Å². The third kappa shape index (κ3) is 4.79. The molecule has 0 bridgehead atoms. The van der Waals surface area contributed by atoms with Crippen LogP contribution >= 0.6 is 0 Å². The fourth-order valence-corrected chi connectivity index (χ4v) is 3.41. The Hall–Kier alpha value is -2.47. The van der Waals surface area contributed by atoms with Gasteiger partial charge in [0.1, 0.15) is 0 Å². The zero-order valence-corrected chi connectivity index (χ0v) is 15.6. The van der Waals surface area contributed by atoms with Gasteiger partial charge in [-0.25, -0.2) is 4.79 Å². The molecule has 0 spiro atoms. The van der Waals surface area contributed by atoms with Crippen molar-refractivity contribution in [3.63, 3.8) is 0 Å². The topological polar surface area (TPSA) is 61.4 Å². The Kier molecular flexibility index (Phi) is 6.17. The number of rotatable bonds is 4. The van der Waals surface area contributed by atoms with Gasteiger partial charge in [0.2, 0.25) is 0 Å². The van der Waals surface area contributed by atoms with Gasteiger partial charge in [0.25, 0.3) is 0 Å². The van der Waals surface area contributed by atoms with Crippen LogP contribution in [-0.2, 0) is 6.54 Å². The molecule has 2 aromatic heterocycles. The lowest BCUT2D eigenvalue weighted by Gasteiger charge is -2.27. The lowest BCUT2D eigenvalue weighted by Crippen LogP contribution is -2.37. The van der Waals surface area contributed by atoms with E-state index in [2.05, 4.69) is 33.3 Å². The number of nitrogens with one attached hydrogen (secondary N) is 1. The molecular formula is C20H27N5O. The number of aryl methyl sites for hydroxylation is 1. The summed E-state index contributed by atoms with van der Waals surface area (Å²) in [6, 6.07) is 8.32. The summed E-state index contributed by atoms with van der Waals surface area (Å²) in [5.41, 5.74) is 2.89. The number of anilines is 1. The third-order valence-electron chi connectivity index (χ3n) is 5.01. The van der Waals surface area contributed by atoms with E-state index >= 15 is 0 Å². The Morgan fingerprint density at radius 2 is 2.15 bits per heavy atom. The maximum absolute atomic E-state index is 12.6. The van der Waals surface area contributed by atoms with Crippen LogP contribution in [-0.4, -0.2) is 52.0 Å². The smallest absolute Gasteiger partial charge is 0.321 e. The van der Waals surface area contributed by atoms with Crippen LogP contribution in [0.15, 0.2) is 42.9 Å². The second-order valence-corrected chi connectivity index (χ2v) is 6.93. The van der Waals surface area contributed by atoms with Gasteiger partial charge in [-0.2, -0.15) is 0 Å². The lowest BCUT2D eigenvalue weighted by atomic mass is 10.1. The van der Waals surface area contributed by atoms with E-state index in [1.807, 2.05) is 36.2 Å². The average molecular weight is 353 g/mol. The maximum atomic E-state index is 12.6. The SMILES string of the molecule is Cc1cnccc1NC(=O)N1CCC[C@@H](N(C)Cc2ccccn2)CC1. The van der Waals surface area contributed by atoms with E-state index in [0.29, 0.717) is 6.04 Å². The molecule has 1 aliphatic rings. The molecule has 2 amide bonds. The first kappa shape index (κ1) is 18.3. The molecule has 1 N–H and O–H groups in total. The number of urea groups is 1. The number of nitrogens with zero attached hydrogens (tertiary/aromatic N) is 4. The van der Waals surface area contributed by atoms with E-state index in [1.54, 1.807) is 12.4 Å². The first-order valence-corrected chi connectivity index (χ1v) is 9.20. The normalized spacial score (nSPS) is 17.8. The molecule has 1 atom stereocenters. The van der Waals surface area contributed by atoms with Gasteiger partial charge in [0, 0.05) is 50.0 Å². The fraction of sp³-hybridized carbons (Fsp3) is 0.450. The molecule has 1 aliphatic heterocycles. The predicted octanol–water partition coefficient (Wildman–Crippen LogP) is 3.30. The molecule has 0 saturated carbocycles. The van der Waals surface area contributed by atoms with E-state index in [1.165, 1.54) is 0 Å². The van der Waals surface area contributed by atoms with Gasteiger partial charge in [-0.3, -0.25) is 14.9 Å². The highest BCUT2D eigenvalue weighted by Gasteiger charge is 2.23. The number of carbonyl (C=O) groups is 1. The molecule has 138 valence electrons. The number of hydrogen-bond donors (Lipinski definition) is 1. The second-order valence-electron chi connectivity index (χ2n) is 6.93. The minimum atomic E-state index is -0.0210. The van der Waals surface area contributed by atoms with Crippen LogP contribution in [0.3, 0.4) is 0 Å². The largest absolute Gasteiger partial charge is 0.324 e. The molecule has 3 heterocycles. The predicted molar refractivity (Wildman–Crippen MR) is 103 cm³/mol. The molecule has 0 unspecified atom stereocenters. The van der Waals surface area contributed by atoms with Crippen LogP contribution in [0, 0.1) is 6.92 Å². The van der Waals surface area contributed by atoms with Crippen LogP contribution < -0.4 is 5.32 Å². The van der Waals surface area contributed by atoms with E-state index < -0.39 is 0 Å². The van der Waals surface area contributed by atoms with Gasteiger partial charge in [-0.05, 0) is 57.0 Å². The van der Waals surface area contributed by atoms with Crippen LogP contribution in [0.4, 0.5) is 10.5 Å². The van der Waals surface area contributed by atoms with Crippen molar-refractivity contribution >= 4 is 11.7 Å². The van der Waals surface area contributed by atoms with Crippen LogP contribution in [0.25, 0.3) is 0 Å². The second kappa shape index (κ2) is 8.76. The van der Waals surface area contributed by atoms with Crippen molar-refractivity contribution in [3.8, 4) is 0 Å². The molecule has 6 nitrogen and oxygen atoms in total. The highest BCUT2D eigenvalue weighted by molar-refractivity contribution is 5.90. The average Bonchev–Trinajstić information content (AvgIpc) is 2.91. The summed E-state index contributed by atoms with van der Waals surface area (Å²) >= 11 is 0. The Morgan fingerprint density at radius 1 is 1.27 bits per heavy atom. The summed E-state index contributed by atoms with van der Waals surface area (Å²) in [6.45, 7) is 4.36. The third-order valence-corrected chi connectivity index (χ3v) is 5.01. The number of carbonyl (C=O) groups excluding carboxylic acids is 1. The highest BCUT2D eigenvalue weighted by atomic mass is 16.2. The van der Waals surface area contributed by atoms with E-state index in [4.69, 9.17) is 0 Å². The molecule has 0 aromatic carbocycles. The molecule has 1 saturated heterocycles. The fourth-order valence-electron chi connectivity index (χ4n) is 3.41. The van der Waals surface area contributed by atoms with E-state index in [9.17, 15) is 4.79 Å². The van der Waals surface area contributed by atoms with Crippen molar-refractivity contribution in [2.75, 3.05) is 25.5 Å². The summed E-state index contributed by atoms with van der Waals surface area (Å²) in [4.78, 5) is 25.4. The number of hydrogen-bond acceptors (Lipinski definition) is 4. The first-order chi connectivity index (χ1) is 12.6. The number of likely N-dealkylation sites (tertiary alicyclic amines) is 1. The summed E-state index contributed by atoms with van der Waals surface area (Å²) in [5.74, 6) is 0. The summed E-state index contributed by atoms with van der Waals surface area (Å²) in [7, 11) is 2.15. The van der Waals surface area contributed by atoms with Gasteiger partial charge in [0.15, 0.2) is 0 Å². The molecule has 0 radical (unpaired) electrons. The van der Waals surface area contributed by atoms with Crippen molar-refractivity contribution in [2.24, 2.45) is 0 Å². The van der Waals surface area contributed by atoms with Gasteiger partial charge in [0.05, 0.1) is 5.69 Å². The van der Waals surface area contributed by atoms with Crippen molar-refractivity contribution in [1.29, 1.82) is 0 Å². The maximum Gasteiger partial charge on any atom is 0.321 e. The van der Waals surface area contributed by atoms with Crippen molar-refractivity contribution in [2.45, 2.75) is 38.8 Å². The molecule has 0 aliphatic carbocycles. The van der Waals surface area contributed by atoms with Crippen LogP contribution in [0.5, 0.6) is 0 Å². The van der Waals surface area contributed by atoms with Crippen molar-refractivity contribution < 1.29 is 4.79 Å². The number of amides is 2. The molecule has 2 aromatic rings. The van der Waals surface area contributed by atoms with Gasteiger partial charge < -0.3 is 10.2 Å². The Bertz CT molecular complexity index is 721. The minimum absolute atomic E-state index is 0.0210. The van der Waals surface area contributed by atoms with Crippen LogP contribution in [0.2, 0.25) is 0 Å². The quantitative estimate of drug-likeness (QED) is 0.916. The zero-order valence-electron chi connectivity index (χ0n) is 15.6. The first-order valence-electron chi connectivity index (χ1n) is 9.20. The zero-order chi connectivity index (χ0) is 18.4.